The molecule has 0 fully saturated rings. The van der Waals surface area contributed by atoms with Gasteiger partial charge in [0.15, 0.2) is 0 Å². The standard InChI is InChI=1S/C52H35NO/c1-3-10-36(11-4-1)38-18-22-40(23-19-38)42-26-31-45(32-27-42)53(46-33-28-43(29-34-46)41-24-20-39(21-25-41)37-12-5-2-6-13-37)49-16-9-17-50-51(49)48-35-30-44-14-7-8-15-47(44)52(48)54-50/h1-35H/i26D,27D,28D,29D,31D,32D,33D,34D. The zero-order valence-electron chi connectivity index (χ0n) is 36.9. The van der Waals surface area contributed by atoms with Gasteiger partial charge in [0, 0.05) is 22.1 Å². The lowest BCUT2D eigenvalue weighted by molar-refractivity contribution is 0.672. The maximum atomic E-state index is 9.61. The molecule has 254 valence electrons. The lowest BCUT2D eigenvalue weighted by Crippen LogP contribution is -2.10. The number of fused-ring (bicyclic) bond motifs is 5. The molecule has 0 N–H and O–H groups in total. The number of anilines is 3. The maximum absolute atomic E-state index is 9.61. The molecule has 0 spiro atoms. The van der Waals surface area contributed by atoms with Crippen molar-refractivity contribution in [3.05, 3.63) is 212 Å². The van der Waals surface area contributed by atoms with Crippen LogP contribution in [0.1, 0.15) is 11.0 Å². The second-order valence-electron chi connectivity index (χ2n) is 13.1. The van der Waals surface area contributed by atoms with Crippen molar-refractivity contribution in [3.8, 4) is 44.5 Å². The molecule has 0 unspecified atom stereocenters. The van der Waals surface area contributed by atoms with Crippen LogP contribution < -0.4 is 4.90 Å². The molecular formula is C52H35NO. The van der Waals surface area contributed by atoms with Crippen LogP contribution in [0.3, 0.4) is 0 Å². The zero-order valence-corrected chi connectivity index (χ0v) is 28.9. The van der Waals surface area contributed by atoms with Crippen molar-refractivity contribution < 1.29 is 15.4 Å². The van der Waals surface area contributed by atoms with Crippen LogP contribution in [0.4, 0.5) is 17.1 Å². The highest BCUT2D eigenvalue weighted by atomic mass is 16.3. The van der Waals surface area contributed by atoms with E-state index in [-0.39, 0.29) is 46.7 Å². The fourth-order valence-corrected chi connectivity index (χ4v) is 7.12. The zero-order chi connectivity index (χ0) is 42.8. The van der Waals surface area contributed by atoms with E-state index in [4.69, 9.17) is 4.42 Å². The second kappa shape index (κ2) is 13.4. The average molecular weight is 698 g/mol. The molecule has 0 radical (unpaired) electrons. The average Bonchev–Trinajstić information content (AvgIpc) is 3.71. The molecule has 1 heterocycles. The van der Waals surface area contributed by atoms with E-state index >= 15 is 0 Å². The van der Waals surface area contributed by atoms with Crippen molar-refractivity contribution in [2.75, 3.05) is 4.90 Å². The summed E-state index contributed by atoms with van der Waals surface area (Å²) < 4.78 is 82.6. The van der Waals surface area contributed by atoms with E-state index < -0.39 is 24.2 Å². The third-order valence-corrected chi connectivity index (χ3v) is 9.84. The van der Waals surface area contributed by atoms with Crippen molar-refractivity contribution in [3.63, 3.8) is 0 Å². The lowest BCUT2D eigenvalue weighted by atomic mass is 9.99. The van der Waals surface area contributed by atoms with E-state index in [1.807, 2.05) is 121 Å². The first-order valence-electron chi connectivity index (χ1n) is 21.8. The predicted octanol–water partition coefficient (Wildman–Crippen LogP) is 14.9. The summed E-state index contributed by atoms with van der Waals surface area (Å²) >= 11 is 0. The minimum absolute atomic E-state index is 0.0932. The number of rotatable bonds is 7. The van der Waals surface area contributed by atoms with Crippen LogP contribution in [0.25, 0.3) is 77.2 Å². The number of benzene rings is 9. The summed E-state index contributed by atoms with van der Waals surface area (Å²) in [4.78, 5) is 1.36. The van der Waals surface area contributed by atoms with Gasteiger partial charge < -0.3 is 9.32 Å². The summed E-state index contributed by atoms with van der Waals surface area (Å²) in [6, 6.07) is 48.2. The van der Waals surface area contributed by atoms with E-state index in [2.05, 4.69) is 0 Å². The van der Waals surface area contributed by atoms with Crippen LogP contribution >= 0.6 is 0 Å². The summed E-state index contributed by atoms with van der Waals surface area (Å²) in [5.41, 5.74) is 5.90. The third kappa shape index (κ3) is 5.71. The fourth-order valence-electron chi connectivity index (χ4n) is 7.12. The summed E-state index contributed by atoms with van der Waals surface area (Å²) in [5, 5.41) is 3.05. The first-order valence-corrected chi connectivity index (χ1v) is 17.8. The molecule has 0 saturated heterocycles. The van der Waals surface area contributed by atoms with E-state index in [1.54, 1.807) is 42.5 Å². The van der Waals surface area contributed by atoms with Gasteiger partial charge in [-0.15, -0.1) is 0 Å². The van der Waals surface area contributed by atoms with E-state index in [0.717, 1.165) is 33.0 Å². The monoisotopic (exact) mass is 697 g/mol. The van der Waals surface area contributed by atoms with E-state index in [9.17, 15) is 11.0 Å². The number of nitrogens with zero attached hydrogens (tertiary/aromatic N) is 1. The molecule has 10 rings (SSSR count). The molecular weight excluding hydrogens is 655 g/mol. The Morgan fingerprint density at radius 2 is 0.815 bits per heavy atom. The minimum atomic E-state index is -0.416. The van der Waals surface area contributed by atoms with Gasteiger partial charge >= 0.3 is 0 Å². The minimum Gasteiger partial charge on any atom is -0.455 e. The Bertz CT molecular complexity index is 3160. The Kier molecular flexibility index (Phi) is 6.01. The first kappa shape index (κ1) is 24.2. The van der Waals surface area contributed by atoms with Crippen molar-refractivity contribution in [2.45, 2.75) is 0 Å². The summed E-state index contributed by atoms with van der Waals surface area (Å²) in [6.07, 6.45) is 0. The second-order valence-corrected chi connectivity index (χ2v) is 13.1. The Morgan fingerprint density at radius 3 is 1.35 bits per heavy atom. The van der Waals surface area contributed by atoms with Gasteiger partial charge in [-0.3, -0.25) is 0 Å². The van der Waals surface area contributed by atoms with Gasteiger partial charge in [0.25, 0.3) is 0 Å². The van der Waals surface area contributed by atoms with Crippen LogP contribution in [0.5, 0.6) is 0 Å². The quantitative estimate of drug-likeness (QED) is 0.165. The molecule has 54 heavy (non-hydrogen) atoms. The van der Waals surface area contributed by atoms with Gasteiger partial charge in [0.2, 0.25) is 0 Å². The van der Waals surface area contributed by atoms with Crippen LogP contribution in [0, 0.1) is 0 Å². The smallest absolute Gasteiger partial charge is 0.143 e. The van der Waals surface area contributed by atoms with Crippen molar-refractivity contribution in [1.82, 2.24) is 0 Å². The summed E-state index contributed by atoms with van der Waals surface area (Å²) in [6.45, 7) is 0. The van der Waals surface area contributed by atoms with Crippen LogP contribution in [0.2, 0.25) is 0 Å². The molecule has 2 nitrogen and oxygen atoms in total. The largest absolute Gasteiger partial charge is 0.455 e. The molecule has 0 aliphatic carbocycles. The van der Waals surface area contributed by atoms with Gasteiger partial charge in [-0.05, 0) is 92.3 Å². The maximum Gasteiger partial charge on any atom is 0.143 e. The Morgan fingerprint density at radius 1 is 0.352 bits per heavy atom. The topological polar surface area (TPSA) is 16.4 Å². The lowest BCUT2D eigenvalue weighted by Gasteiger charge is -2.26. The van der Waals surface area contributed by atoms with Crippen LogP contribution in [-0.2, 0) is 0 Å². The summed E-state index contributed by atoms with van der Waals surface area (Å²) in [5.74, 6) is 0. The molecule has 0 amide bonds. The molecule has 1 aromatic heterocycles. The number of furan rings is 1. The highest BCUT2D eigenvalue weighted by Crippen LogP contribution is 2.45. The highest BCUT2D eigenvalue weighted by molar-refractivity contribution is 6.19. The van der Waals surface area contributed by atoms with Crippen molar-refractivity contribution in [1.29, 1.82) is 0 Å². The van der Waals surface area contributed by atoms with Gasteiger partial charge in [0.05, 0.1) is 22.0 Å². The molecule has 0 aliphatic heterocycles. The SMILES string of the molecule is [2H]c1c([2H])c(N(c2c([2H])c([2H])c(-c3ccc(-c4ccccc4)cc3)c([2H])c2[2H])c2cccc3oc4c5ccccc5ccc4c23)c([2H])c([2H])c1-c1ccc(-c2ccccc2)cc1. The van der Waals surface area contributed by atoms with Crippen LogP contribution in [-0.4, -0.2) is 0 Å². The van der Waals surface area contributed by atoms with Crippen molar-refractivity contribution >= 4 is 49.8 Å². The Balaban J connectivity index is 1.21. The molecule has 0 bridgehead atoms. The number of hydrogen-bond donors (Lipinski definition) is 0. The molecule has 0 aliphatic rings. The van der Waals surface area contributed by atoms with Gasteiger partial charge in [0.1, 0.15) is 11.2 Å². The first-order chi connectivity index (χ1) is 30.1. The normalized spacial score (nSPS) is 13.4. The predicted molar refractivity (Wildman–Crippen MR) is 228 cm³/mol. The van der Waals surface area contributed by atoms with Gasteiger partial charge in [-0.25, -0.2) is 0 Å². The summed E-state index contributed by atoms with van der Waals surface area (Å²) in [7, 11) is 0. The van der Waals surface area contributed by atoms with E-state index in [0.29, 0.717) is 38.8 Å². The molecule has 10 aromatic rings. The van der Waals surface area contributed by atoms with Crippen LogP contribution in [0.15, 0.2) is 217 Å². The molecule has 9 aromatic carbocycles. The third-order valence-electron chi connectivity index (χ3n) is 9.84. The molecule has 0 saturated carbocycles. The van der Waals surface area contributed by atoms with Gasteiger partial charge in [-0.2, -0.15) is 0 Å². The highest BCUT2D eigenvalue weighted by Gasteiger charge is 2.20. The van der Waals surface area contributed by atoms with Gasteiger partial charge in [-0.1, -0.05) is 170 Å². The van der Waals surface area contributed by atoms with Crippen molar-refractivity contribution in [2.24, 2.45) is 0 Å². The Hall–Kier alpha value is -7.16. The van der Waals surface area contributed by atoms with E-state index in [1.165, 1.54) is 4.90 Å². The molecule has 0 atom stereocenters. The molecule has 2 heteroatoms. The fraction of sp³-hybridized carbons (Fsp3) is 0. The number of hydrogen-bond acceptors (Lipinski definition) is 2. The Labute approximate surface area is 326 Å².